The van der Waals surface area contributed by atoms with E-state index >= 15 is 0 Å². The number of pyridine rings is 1. The van der Waals surface area contributed by atoms with Gasteiger partial charge in [-0.25, -0.2) is 13.6 Å². The lowest BCUT2D eigenvalue weighted by Gasteiger charge is -2.08. The van der Waals surface area contributed by atoms with Gasteiger partial charge in [-0.1, -0.05) is 0 Å². The number of carbonyl (C=O) groups is 1. The highest BCUT2D eigenvalue weighted by molar-refractivity contribution is 7.89. The van der Waals surface area contributed by atoms with E-state index in [0.29, 0.717) is 6.07 Å². The summed E-state index contributed by atoms with van der Waals surface area (Å²) in [6.07, 6.45) is -4.76. The van der Waals surface area contributed by atoms with Crippen LogP contribution in [0.2, 0.25) is 0 Å². The normalized spacial score (nSPS) is 12.2. The van der Waals surface area contributed by atoms with E-state index in [1.165, 1.54) is 13.8 Å². The van der Waals surface area contributed by atoms with Crippen molar-refractivity contribution in [1.82, 2.24) is 4.98 Å². The van der Waals surface area contributed by atoms with Crippen molar-refractivity contribution in [2.24, 2.45) is 5.14 Å². The molecule has 2 aromatic rings. The molecule has 2 aromatic heterocycles. The van der Waals surface area contributed by atoms with Crippen molar-refractivity contribution in [2.75, 3.05) is 5.32 Å². The van der Waals surface area contributed by atoms with Crippen molar-refractivity contribution < 1.29 is 30.8 Å². The maximum Gasteiger partial charge on any atom is 0.431 e. The molecule has 4 N–H and O–H groups in total. The smallest absolute Gasteiger partial charge is 0.431 e. The zero-order valence-electron chi connectivity index (χ0n) is 12.8. The molecule has 25 heavy (non-hydrogen) atoms. The average molecular weight is 379 g/mol. The number of amides is 1. The average Bonchev–Trinajstić information content (AvgIpc) is 2.74. The van der Waals surface area contributed by atoms with Gasteiger partial charge in [0.1, 0.15) is 33.4 Å². The molecule has 136 valence electrons. The number of halogens is 3. The first-order valence-corrected chi connectivity index (χ1v) is 8.11. The fraction of sp³-hybridized carbons (Fsp3) is 0.231. The molecule has 0 aliphatic rings. The Hall–Kier alpha value is -2.60. The van der Waals surface area contributed by atoms with Gasteiger partial charge in [0.05, 0.1) is 0 Å². The van der Waals surface area contributed by atoms with Crippen LogP contribution in [0.3, 0.4) is 0 Å². The third kappa shape index (κ3) is 3.74. The molecule has 8 nitrogen and oxygen atoms in total. The summed E-state index contributed by atoms with van der Waals surface area (Å²) < 4.78 is 65.8. The maximum atomic E-state index is 12.5. The number of furan rings is 1. The SMILES string of the molecule is Cc1oc(C)c(S(N)(=O)=O)c1C(=O)Nc1ccc(C(F)(F)F)[nH]c1=O. The number of nitrogens with one attached hydrogen (secondary N) is 2. The number of carbonyl (C=O) groups excluding carboxylic acids is 1. The van der Waals surface area contributed by atoms with Crippen molar-refractivity contribution in [3.05, 3.63) is 45.3 Å². The summed E-state index contributed by atoms with van der Waals surface area (Å²) in [5.41, 5.74) is -3.44. The molecule has 0 radical (unpaired) electrons. The van der Waals surface area contributed by atoms with Crippen LogP contribution in [0.5, 0.6) is 0 Å². The lowest BCUT2D eigenvalue weighted by atomic mass is 10.2. The van der Waals surface area contributed by atoms with E-state index < -0.39 is 49.5 Å². The number of anilines is 1. The van der Waals surface area contributed by atoms with Gasteiger partial charge < -0.3 is 14.7 Å². The van der Waals surface area contributed by atoms with Crippen LogP contribution in [0.15, 0.2) is 26.2 Å². The van der Waals surface area contributed by atoms with E-state index in [4.69, 9.17) is 9.56 Å². The third-order valence-corrected chi connectivity index (χ3v) is 4.24. The highest BCUT2D eigenvalue weighted by Crippen LogP contribution is 2.28. The minimum atomic E-state index is -4.76. The number of aromatic amines is 1. The van der Waals surface area contributed by atoms with Gasteiger partial charge in [0.15, 0.2) is 0 Å². The molecule has 0 atom stereocenters. The van der Waals surface area contributed by atoms with Crippen molar-refractivity contribution in [1.29, 1.82) is 0 Å². The quantitative estimate of drug-likeness (QED) is 0.743. The van der Waals surface area contributed by atoms with Gasteiger partial charge in [0, 0.05) is 0 Å². The molecule has 0 saturated carbocycles. The molecular weight excluding hydrogens is 367 g/mol. The van der Waals surface area contributed by atoms with Gasteiger partial charge in [-0.05, 0) is 26.0 Å². The predicted octanol–water partition coefficient (Wildman–Crippen LogP) is 1.50. The fourth-order valence-electron chi connectivity index (χ4n) is 2.19. The van der Waals surface area contributed by atoms with E-state index in [0.717, 1.165) is 6.07 Å². The molecular formula is C13H12F3N3O5S. The van der Waals surface area contributed by atoms with Gasteiger partial charge in [0.25, 0.3) is 11.5 Å². The van der Waals surface area contributed by atoms with E-state index in [-0.39, 0.29) is 11.5 Å². The van der Waals surface area contributed by atoms with E-state index in [1.54, 1.807) is 4.98 Å². The van der Waals surface area contributed by atoms with E-state index in [1.807, 2.05) is 5.32 Å². The second kappa shape index (κ2) is 6.04. The van der Waals surface area contributed by atoms with E-state index in [9.17, 15) is 31.2 Å². The van der Waals surface area contributed by atoms with Gasteiger partial charge in [0.2, 0.25) is 10.0 Å². The number of hydrogen-bond donors (Lipinski definition) is 3. The van der Waals surface area contributed by atoms with Crippen molar-refractivity contribution in [3.63, 3.8) is 0 Å². The van der Waals surface area contributed by atoms with Crippen LogP contribution in [0.1, 0.15) is 27.6 Å². The summed E-state index contributed by atoms with van der Waals surface area (Å²) in [6.45, 7) is 2.57. The number of sulfonamides is 1. The molecule has 0 saturated heterocycles. The van der Waals surface area contributed by atoms with Crippen LogP contribution in [0, 0.1) is 13.8 Å². The molecule has 1 amide bonds. The van der Waals surface area contributed by atoms with Crippen LogP contribution in [0.4, 0.5) is 18.9 Å². The second-order valence-electron chi connectivity index (χ2n) is 5.03. The monoisotopic (exact) mass is 379 g/mol. The molecule has 0 unspecified atom stereocenters. The molecule has 12 heteroatoms. The Balaban J connectivity index is 2.44. The second-order valence-corrected chi connectivity index (χ2v) is 6.53. The third-order valence-electron chi connectivity index (χ3n) is 3.18. The number of aromatic nitrogens is 1. The van der Waals surface area contributed by atoms with Gasteiger partial charge in [-0.3, -0.25) is 9.59 Å². The van der Waals surface area contributed by atoms with Crippen LogP contribution in [-0.4, -0.2) is 19.3 Å². The summed E-state index contributed by atoms with van der Waals surface area (Å²) in [4.78, 5) is 25.0. The minimum absolute atomic E-state index is 0.0811. The molecule has 0 aromatic carbocycles. The fourth-order valence-corrected chi connectivity index (χ4v) is 3.15. The Morgan fingerprint density at radius 1 is 1.24 bits per heavy atom. The number of primary sulfonamides is 1. The Kier molecular flexibility index (Phi) is 4.53. The first kappa shape index (κ1) is 18.7. The predicted molar refractivity (Wildman–Crippen MR) is 79.6 cm³/mol. The van der Waals surface area contributed by atoms with Crippen LogP contribution in [-0.2, 0) is 16.2 Å². The molecule has 2 rings (SSSR count). The number of nitrogens with two attached hydrogens (primary N) is 1. The molecule has 0 fully saturated rings. The summed E-state index contributed by atoms with van der Waals surface area (Å²) >= 11 is 0. The maximum absolute atomic E-state index is 12.5. The molecule has 0 bridgehead atoms. The standard InChI is InChI=1S/C13H12F3N3O5S/c1-5-9(10(6(2)24-5)25(17,22)23)12(21)18-7-3-4-8(13(14,15)16)19-11(7)20/h3-4H,1-2H3,(H,18,21)(H,19,20)(H2,17,22,23). The van der Waals surface area contributed by atoms with Gasteiger partial charge in [-0.2, -0.15) is 13.2 Å². The van der Waals surface area contributed by atoms with E-state index in [2.05, 4.69) is 0 Å². The molecule has 0 aliphatic carbocycles. The number of H-pyrrole nitrogens is 1. The van der Waals surface area contributed by atoms with Gasteiger partial charge in [-0.15, -0.1) is 0 Å². The van der Waals surface area contributed by atoms with Crippen LogP contribution in [0.25, 0.3) is 0 Å². The summed E-state index contributed by atoms with van der Waals surface area (Å²) in [5.74, 6) is -1.28. The summed E-state index contributed by atoms with van der Waals surface area (Å²) in [5, 5.41) is 7.08. The van der Waals surface area contributed by atoms with Crippen LogP contribution >= 0.6 is 0 Å². The molecule has 2 heterocycles. The lowest BCUT2D eigenvalue weighted by Crippen LogP contribution is -2.25. The zero-order valence-corrected chi connectivity index (χ0v) is 13.6. The van der Waals surface area contributed by atoms with Gasteiger partial charge >= 0.3 is 6.18 Å². The summed E-state index contributed by atoms with van der Waals surface area (Å²) in [7, 11) is -4.31. The molecule has 0 spiro atoms. The number of aryl methyl sites for hydroxylation is 2. The number of rotatable bonds is 3. The zero-order chi connectivity index (χ0) is 19.2. The highest BCUT2D eigenvalue weighted by atomic mass is 32.2. The largest absolute Gasteiger partial charge is 0.464 e. The first-order valence-electron chi connectivity index (χ1n) is 6.57. The molecule has 0 aliphatic heterocycles. The number of hydrogen-bond acceptors (Lipinski definition) is 5. The van der Waals surface area contributed by atoms with Crippen molar-refractivity contribution >= 4 is 21.6 Å². The highest BCUT2D eigenvalue weighted by Gasteiger charge is 2.32. The topological polar surface area (TPSA) is 135 Å². The first-order chi connectivity index (χ1) is 11.3. The van der Waals surface area contributed by atoms with Crippen molar-refractivity contribution in [2.45, 2.75) is 24.9 Å². The van der Waals surface area contributed by atoms with Crippen LogP contribution < -0.4 is 16.0 Å². The number of alkyl halides is 3. The van der Waals surface area contributed by atoms with Crippen molar-refractivity contribution in [3.8, 4) is 0 Å². The lowest BCUT2D eigenvalue weighted by molar-refractivity contribution is -0.141. The Morgan fingerprint density at radius 2 is 1.84 bits per heavy atom. The Bertz CT molecular complexity index is 1000. The minimum Gasteiger partial charge on any atom is -0.464 e. The Morgan fingerprint density at radius 3 is 2.32 bits per heavy atom. The Labute approximate surface area is 138 Å². The summed E-state index contributed by atoms with van der Waals surface area (Å²) in [6, 6.07) is 1.31.